The van der Waals surface area contributed by atoms with Crippen molar-refractivity contribution in [3.63, 3.8) is 0 Å². The number of nitrogens with one attached hydrogen (secondary N) is 1. The summed E-state index contributed by atoms with van der Waals surface area (Å²) in [5.74, 6) is -2.73. The molecular formula is C10H10Cl2FNO5S. The van der Waals surface area contributed by atoms with Gasteiger partial charge in [-0.05, 0) is 19.1 Å². The number of carboxylic acids is 1. The Morgan fingerprint density at radius 3 is 2.40 bits per heavy atom. The molecule has 0 aliphatic carbocycles. The Kier molecular flexibility index (Phi) is 5.33. The molecular weight excluding hydrogens is 336 g/mol. The van der Waals surface area contributed by atoms with Crippen LogP contribution >= 0.6 is 23.2 Å². The second-order valence-electron chi connectivity index (χ2n) is 3.85. The number of aliphatic carboxylic acids is 1. The lowest BCUT2D eigenvalue weighted by Gasteiger charge is -2.17. The second-order valence-corrected chi connectivity index (χ2v) is 6.32. The summed E-state index contributed by atoms with van der Waals surface area (Å²) in [6.45, 7) is 1.09. The van der Waals surface area contributed by atoms with Gasteiger partial charge in [0.1, 0.15) is 10.9 Å². The maximum atomic E-state index is 13.5. The van der Waals surface area contributed by atoms with Gasteiger partial charge in [-0.15, -0.1) is 0 Å². The van der Waals surface area contributed by atoms with Crippen molar-refractivity contribution >= 4 is 39.2 Å². The van der Waals surface area contributed by atoms with Crippen LogP contribution in [0.15, 0.2) is 17.0 Å². The van der Waals surface area contributed by atoms with Crippen molar-refractivity contribution in [2.24, 2.45) is 0 Å². The monoisotopic (exact) mass is 345 g/mol. The quantitative estimate of drug-likeness (QED) is 0.696. The lowest BCUT2D eigenvalue weighted by atomic mass is 10.2. The largest absolute Gasteiger partial charge is 0.480 e. The third kappa shape index (κ3) is 3.58. The van der Waals surface area contributed by atoms with Crippen LogP contribution in [0.3, 0.4) is 0 Å². The SMILES string of the molecule is C[C@@H](O)[C@H](NS(=O)(=O)c1ccc(Cl)c(F)c1Cl)C(=O)O. The van der Waals surface area contributed by atoms with Gasteiger partial charge in [0.2, 0.25) is 10.0 Å². The predicted molar refractivity (Wildman–Crippen MR) is 69.8 cm³/mol. The Morgan fingerprint density at radius 1 is 1.40 bits per heavy atom. The molecule has 2 atom stereocenters. The summed E-state index contributed by atoms with van der Waals surface area (Å²) in [7, 11) is -4.44. The van der Waals surface area contributed by atoms with Crippen LogP contribution in [0.4, 0.5) is 4.39 Å². The van der Waals surface area contributed by atoms with Crippen molar-refractivity contribution in [2.45, 2.75) is 24.0 Å². The minimum Gasteiger partial charge on any atom is -0.480 e. The summed E-state index contributed by atoms with van der Waals surface area (Å²) in [6.07, 6.45) is -1.50. The van der Waals surface area contributed by atoms with Gasteiger partial charge in [0.05, 0.1) is 16.1 Å². The summed E-state index contributed by atoms with van der Waals surface area (Å²) in [6, 6.07) is 0.0989. The third-order valence-corrected chi connectivity index (χ3v) is 4.58. The molecule has 3 N–H and O–H groups in total. The van der Waals surface area contributed by atoms with Gasteiger partial charge in [-0.1, -0.05) is 23.2 Å². The van der Waals surface area contributed by atoms with Gasteiger partial charge >= 0.3 is 5.97 Å². The standard InChI is InChI=1S/C10H10Cl2FNO5S/c1-4(15)9(10(16)17)14-20(18,19)6-3-2-5(11)8(13)7(6)12/h2-4,9,14-15H,1H3,(H,16,17)/t4-,9+/m1/s1. The summed E-state index contributed by atoms with van der Waals surface area (Å²) >= 11 is 11.0. The van der Waals surface area contributed by atoms with Crippen molar-refractivity contribution in [2.75, 3.05) is 0 Å². The average Bonchev–Trinajstić information content (AvgIpc) is 2.32. The molecule has 0 aromatic heterocycles. The fourth-order valence-electron chi connectivity index (χ4n) is 1.30. The molecule has 0 bridgehead atoms. The summed E-state index contributed by atoms with van der Waals surface area (Å²) in [5.41, 5.74) is 0. The fraction of sp³-hybridized carbons (Fsp3) is 0.300. The van der Waals surface area contributed by atoms with E-state index in [4.69, 9.17) is 28.3 Å². The molecule has 1 rings (SSSR count). The molecule has 1 aromatic rings. The fourth-order valence-corrected chi connectivity index (χ4v) is 3.31. The van der Waals surface area contributed by atoms with E-state index in [0.29, 0.717) is 0 Å². The van der Waals surface area contributed by atoms with Gasteiger partial charge in [-0.2, -0.15) is 4.72 Å². The van der Waals surface area contributed by atoms with E-state index in [9.17, 15) is 22.7 Å². The number of rotatable bonds is 5. The number of carbonyl (C=O) groups is 1. The smallest absolute Gasteiger partial charge is 0.324 e. The van der Waals surface area contributed by atoms with Crippen molar-refractivity contribution in [3.05, 3.63) is 28.0 Å². The van der Waals surface area contributed by atoms with E-state index in [1.165, 1.54) is 0 Å². The number of sulfonamides is 1. The van der Waals surface area contributed by atoms with Gasteiger partial charge in [-0.3, -0.25) is 4.79 Å². The van der Waals surface area contributed by atoms with Crippen LogP contribution in [0.25, 0.3) is 0 Å². The van der Waals surface area contributed by atoms with Gasteiger partial charge in [0.25, 0.3) is 0 Å². The zero-order chi connectivity index (χ0) is 15.7. The highest BCUT2D eigenvalue weighted by molar-refractivity contribution is 7.89. The highest BCUT2D eigenvalue weighted by Gasteiger charge is 2.31. The van der Waals surface area contributed by atoms with Gasteiger partial charge < -0.3 is 10.2 Å². The van der Waals surface area contributed by atoms with E-state index in [-0.39, 0.29) is 5.02 Å². The van der Waals surface area contributed by atoms with E-state index in [0.717, 1.165) is 19.1 Å². The zero-order valence-electron chi connectivity index (χ0n) is 9.97. The van der Waals surface area contributed by atoms with E-state index in [1.54, 1.807) is 4.72 Å². The van der Waals surface area contributed by atoms with Crippen LogP contribution < -0.4 is 4.72 Å². The number of benzene rings is 1. The molecule has 112 valence electrons. The summed E-state index contributed by atoms with van der Waals surface area (Å²) < 4.78 is 39.1. The first-order chi connectivity index (χ1) is 9.08. The highest BCUT2D eigenvalue weighted by atomic mass is 35.5. The summed E-state index contributed by atoms with van der Waals surface area (Å²) in [5, 5.41) is 16.9. The lowest BCUT2D eigenvalue weighted by molar-refractivity contribution is -0.141. The number of carboxylic acid groups (broad SMARTS) is 1. The molecule has 10 heteroatoms. The molecule has 0 saturated heterocycles. The van der Waals surface area contributed by atoms with E-state index in [2.05, 4.69) is 0 Å². The van der Waals surface area contributed by atoms with Crippen molar-refractivity contribution in [1.82, 2.24) is 4.72 Å². The van der Waals surface area contributed by atoms with Crippen LogP contribution in [0.1, 0.15) is 6.92 Å². The average molecular weight is 346 g/mol. The van der Waals surface area contributed by atoms with Gasteiger partial charge in [0.15, 0.2) is 5.82 Å². The van der Waals surface area contributed by atoms with E-state index >= 15 is 0 Å². The van der Waals surface area contributed by atoms with Crippen LogP contribution in [0.2, 0.25) is 10.0 Å². The maximum Gasteiger partial charge on any atom is 0.324 e. The molecule has 0 aliphatic heterocycles. The van der Waals surface area contributed by atoms with Crippen LogP contribution in [0.5, 0.6) is 0 Å². The lowest BCUT2D eigenvalue weighted by Crippen LogP contribution is -2.47. The number of aliphatic hydroxyl groups is 1. The first-order valence-electron chi connectivity index (χ1n) is 5.14. The van der Waals surface area contributed by atoms with E-state index < -0.39 is 43.9 Å². The first kappa shape index (κ1) is 17.1. The molecule has 0 aliphatic rings. The molecule has 0 heterocycles. The minimum atomic E-state index is -4.44. The van der Waals surface area contributed by atoms with Crippen molar-refractivity contribution in [3.8, 4) is 0 Å². The molecule has 0 saturated carbocycles. The Hall–Kier alpha value is -0.930. The molecule has 0 spiro atoms. The molecule has 0 amide bonds. The van der Waals surface area contributed by atoms with Crippen molar-refractivity contribution in [1.29, 1.82) is 0 Å². The van der Waals surface area contributed by atoms with Gasteiger partial charge in [0, 0.05) is 0 Å². The topological polar surface area (TPSA) is 104 Å². The van der Waals surface area contributed by atoms with Crippen LogP contribution in [-0.2, 0) is 14.8 Å². The number of halogens is 3. The third-order valence-electron chi connectivity index (χ3n) is 2.32. The van der Waals surface area contributed by atoms with Crippen molar-refractivity contribution < 1.29 is 27.8 Å². The molecule has 0 fully saturated rings. The zero-order valence-corrected chi connectivity index (χ0v) is 12.3. The predicted octanol–water partition coefficient (Wildman–Crippen LogP) is 1.24. The minimum absolute atomic E-state index is 0.376. The maximum absolute atomic E-state index is 13.5. The molecule has 20 heavy (non-hydrogen) atoms. The van der Waals surface area contributed by atoms with Crippen LogP contribution in [-0.4, -0.2) is 36.7 Å². The van der Waals surface area contributed by atoms with Gasteiger partial charge in [-0.25, -0.2) is 12.8 Å². The normalized spacial score (nSPS) is 14.8. The highest BCUT2D eigenvalue weighted by Crippen LogP contribution is 2.29. The number of hydrogen-bond donors (Lipinski definition) is 3. The molecule has 1 aromatic carbocycles. The van der Waals surface area contributed by atoms with E-state index in [1.807, 2.05) is 0 Å². The number of aliphatic hydroxyl groups excluding tert-OH is 1. The Morgan fingerprint density at radius 2 is 1.95 bits per heavy atom. The number of hydrogen-bond acceptors (Lipinski definition) is 4. The van der Waals surface area contributed by atoms with Crippen LogP contribution in [0, 0.1) is 5.82 Å². The molecule has 6 nitrogen and oxygen atoms in total. The molecule has 0 unspecified atom stereocenters. The first-order valence-corrected chi connectivity index (χ1v) is 7.38. The Balaban J connectivity index is 3.25. The summed E-state index contributed by atoms with van der Waals surface area (Å²) in [4.78, 5) is 10.2. The second kappa shape index (κ2) is 6.23. The Labute approximate surface area is 124 Å². The Bertz CT molecular complexity index is 635. The molecule has 0 radical (unpaired) electrons.